The molecule has 1 rings (SSSR count). The second-order valence-corrected chi connectivity index (χ2v) is 5.10. The summed E-state index contributed by atoms with van der Waals surface area (Å²) >= 11 is 5.82. The molecule has 0 aliphatic heterocycles. The van der Waals surface area contributed by atoms with E-state index in [4.69, 9.17) is 16.3 Å². The molecule has 0 aromatic carbocycles. The summed E-state index contributed by atoms with van der Waals surface area (Å²) in [7, 11) is 0. The number of halogens is 1. The fraction of sp³-hybridized carbons (Fsp3) is 0.417. The SMILES string of the molecule is CC(=O)c1cnc(Cl)c(NC(=O)OC(C)(C)C)c1. The fourth-order valence-electron chi connectivity index (χ4n) is 1.14. The van der Waals surface area contributed by atoms with Crippen molar-refractivity contribution in [2.24, 2.45) is 0 Å². The van der Waals surface area contributed by atoms with E-state index in [2.05, 4.69) is 10.3 Å². The van der Waals surface area contributed by atoms with Crippen molar-refractivity contribution in [2.75, 3.05) is 5.32 Å². The van der Waals surface area contributed by atoms with Gasteiger partial charge >= 0.3 is 6.09 Å². The molecule has 18 heavy (non-hydrogen) atoms. The number of rotatable bonds is 2. The Morgan fingerprint density at radius 3 is 2.50 bits per heavy atom. The van der Waals surface area contributed by atoms with Crippen LogP contribution in [0.25, 0.3) is 0 Å². The number of ketones is 1. The number of amides is 1. The number of carbonyl (C=O) groups excluding carboxylic acids is 2. The van der Waals surface area contributed by atoms with Gasteiger partial charge in [-0.05, 0) is 33.8 Å². The predicted molar refractivity (Wildman–Crippen MR) is 69.1 cm³/mol. The van der Waals surface area contributed by atoms with E-state index in [9.17, 15) is 9.59 Å². The first kappa shape index (κ1) is 14.4. The molecule has 1 amide bonds. The van der Waals surface area contributed by atoms with E-state index >= 15 is 0 Å². The first-order chi connectivity index (χ1) is 8.19. The third-order valence-corrected chi connectivity index (χ3v) is 2.18. The lowest BCUT2D eigenvalue weighted by atomic mass is 10.2. The number of carbonyl (C=O) groups is 2. The third kappa shape index (κ3) is 4.33. The number of ether oxygens (including phenoxy) is 1. The van der Waals surface area contributed by atoms with Crippen molar-refractivity contribution >= 4 is 29.2 Å². The molecule has 98 valence electrons. The number of hydrogen-bond acceptors (Lipinski definition) is 4. The van der Waals surface area contributed by atoms with E-state index in [0.29, 0.717) is 5.56 Å². The van der Waals surface area contributed by atoms with E-state index in [1.807, 2.05) is 0 Å². The molecule has 5 nitrogen and oxygen atoms in total. The van der Waals surface area contributed by atoms with Crippen LogP contribution < -0.4 is 5.32 Å². The molecule has 0 saturated heterocycles. The van der Waals surface area contributed by atoms with Gasteiger partial charge in [0.1, 0.15) is 5.60 Å². The minimum Gasteiger partial charge on any atom is -0.444 e. The highest BCUT2D eigenvalue weighted by Gasteiger charge is 2.17. The normalized spacial score (nSPS) is 10.9. The summed E-state index contributed by atoms with van der Waals surface area (Å²) in [6.07, 6.45) is 0.706. The van der Waals surface area contributed by atoms with Crippen LogP contribution in [-0.2, 0) is 4.74 Å². The van der Waals surface area contributed by atoms with Gasteiger partial charge in [-0.2, -0.15) is 0 Å². The van der Waals surface area contributed by atoms with Crippen LogP contribution >= 0.6 is 11.6 Å². The Labute approximate surface area is 110 Å². The second kappa shape index (κ2) is 5.35. The molecule has 0 radical (unpaired) electrons. The van der Waals surface area contributed by atoms with Crippen molar-refractivity contribution in [3.05, 3.63) is 23.0 Å². The number of pyridine rings is 1. The van der Waals surface area contributed by atoms with Crippen LogP contribution in [-0.4, -0.2) is 22.5 Å². The van der Waals surface area contributed by atoms with Gasteiger partial charge in [0, 0.05) is 11.8 Å². The zero-order chi connectivity index (χ0) is 13.9. The summed E-state index contributed by atoms with van der Waals surface area (Å²) < 4.78 is 5.08. The van der Waals surface area contributed by atoms with E-state index in [1.165, 1.54) is 19.2 Å². The zero-order valence-corrected chi connectivity index (χ0v) is 11.5. The molecule has 0 aliphatic rings. The minimum absolute atomic E-state index is 0.103. The maximum atomic E-state index is 11.6. The highest BCUT2D eigenvalue weighted by molar-refractivity contribution is 6.32. The molecule has 0 atom stereocenters. The van der Waals surface area contributed by atoms with Gasteiger partial charge in [0.2, 0.25) is 0 Å². The Kier molecular flexibility index (Phi) is 4.29. The maximum Gasteiger partial charge on any atom is 0.412 e. The standard InChI is InChI=1S/C12H15ClN2O3/c1-7(16)8-5-9(10(13)14-6-8)15-11(17)18-12(2,3)4/h5-6H,1-4H3,(H,15,17). The Morgan fingerprint density at radius 2 is 2.00 bits per heavy atom. The van der Waals surface area contributed by atoms with Gasteiger partial charge in [0.05, 0.1) is 5.69 Å². The topological polar surface area (TPSA) is 68.3 Å². The third-order valence-electron chi connectivity index (χ3n) is 1.88. The van der Waals surface area contributed by atoms with Crippen molar-refractivity contribution in [1.82, 2.24) is 4.98 Å². The predicted octanol–water partition coefficient (Wildman–Crippen LogP) is 3.28. The molecule has 0 saturated carbocycles. The van der Waals surface area contributed by atoms with Crippen molar-refractivity contribution in [2.45, 2.75) is 33.3 Å². The van der Waals surface area contributed by atoms with Gasteiger partial charge in [-0.3, -0.25) is 10.1 Å². The lowest BCUT2D eigenvalue weighted by Crippen LogP contribution is -2.27. The highest BCUT2D eigenvalue weighted by atomic mass is 35.5. The quantitative estimate of drug-likeness (QED) is 0.661. The summed E-state index contributed by atoms with van der Waals surface area (Å²) in [6.45, 7) is 6.65. The molecular formula is C12H15ClN2O3. The molecule has 0 unspecified atom stereocenters. The monoisotopic (exact) mass is 270 g/mol. The van der Waals surface area contributed by atoms with Gasteiger partial charge in [-0.25, -0.2) is 9.78 Å². The van der Waals surface area contributed by atoms with Crippen LogP contribution in [0.3, 0.4) is 0 Å². The Bertz CT molecular complexity index is 481. The van der Waals surface area contributed by atoms with Crippen LogP contribution in [0.5, 0.6) is 0 Å². The number of aromatic nitrogens is 1. The lowest BCUT2D eigenvalue weighted by Gasteiger charge is -2.19. The lowest BCUT2D eigenvalue weighted by molar-refractivity contribution is 0.0635. The van der Waals surface area contributed by atoms with E-state index in [1.54, 1.807) is 20.8 Å². The van der Waals surface area contributed by atoms with E-state index in [0.717, 1.165) is 0 Å². The van der Waals surface area contributed by atoms with Crippen LogP contribution in [0.4, 0.5) is 10.5 Å². The Morgan fingerprint density at radius 1 is 1.39 bits per heavy atom. The molecule has 1 aromatic rings. The molecule has 1 heterocycles. The summed E-state index contributed by atoms with van der Waals surface area (Å²) in [5.41, 5.74) is 0.00593. The summed E-state index contributed by atoms with van der Waals surface area (Å²) in [4.78, 5) is 26.6. The van der Waals surface area contributed by atoms with Crippen LogP contribution in [0, 0.1) is 0 Å². The van der Waals surface area contributed by atoms with Crippen LogP contribution in [0.1, 0.15) is 38.1 Å². The summed E-state index contributed by atoms with van der Waals surface area (Å²) in [5.74, 6) is -0.161. The second-order valence-electron chi connectivity index (χ2n) is 4.75. The fourth-order valence-corrected chi connectivity index (χ4v) is 1.29. The molecule has 1 N–H and O–H groups in total. The highest BCUT2D eigenvalue weighted by Crippen LogP contribution is 2.21. The zero-order valence-electron chi connectivity index (χ0n) is 10.7. The van der Waals surface area contributed by atoms with Gasteiger partial charge in [0.25, 0.3) is 0 Å². The number of anilines is 1. The Balaban J connectivity index is 2.87. The van der Waals surface area contributed by atoms with Gasteiger partial charge in [-0.15, -0.1) is 0 Å². The Hall–Kier alpha value is -1.62. The van der Waals surface area contributed by atoms with Crippen molar-refractivity contribution in [3.8, 4) is 0 Å². The van der Waals surface area contributed by atoms with Crippen molar-refractivity contribution < 1.29 is 14.3 Å². The van der Waals surface area contributed by atoms with Gasteiger partial charge in [-0.1, -0.05) is 11.6 Å². The number of nitrogens with zero attached hydrogens (tertiary/aromatic N) is 1. The maximum absolute atomic E-state index is 11.6. The number of Topliss-reactive ketones (excluding diaryl/α,β-unsaturated/α-hetero) is 1. The molecule has 0 spiro atoms. The number of nitrogens with one attached hydrogen (secondary N) is 1. The molecule has 0 fully saturated rings. The van der Waals surface area contributed by atoms with E-state index in [-0.39, 0.29) is 16.6 Å². The van der Waals surface area contributed by atoms with Crippen molar-refractivity contribution in [3.63, 3.8) is 0 Å². The molecule has 0 bridgehead atoms. The average molecular weight is 271 g/mol. The van der Waals surface area contributed by atoms with Crippen LogP contribution in [0.2, 0.25) is 5.15 Å². The average Bonchev–Trinajstić information content (AvgIpc) is 2.18. The summed E-state index contributed by atoms with van der Waals surface area (Å²) in [6, 6.07) is 1.46. The minimum atomic E-state index is -0.646. The molecular weight excluding hydrogens is 256 g/mol. The largest absolute Gasteiger partial charge is 0.444 e. The first-order valence-electron chi connectivity index (χ1n) is 5.35. The van der Waals surface area contributed by atoms with Crippen molar-refractivity contribution in [1.29, 1.82) is 0 Å². The smallest absolute Gasteiger partial charge is 0.412 e. The molecule has 0 aliphatic carbocycles. The van der Waals surface area contributed by atoms with Crippen LogP contribution in [0.15, 0.2) is 12.3 Å². The van der Waals surface area contributed by atoms with Gasteiger partial charge in [0.15, 0.2) is 10.9 Å². The summed E-state index contributed by atoms with van der Waals surface area (Å²) in [5, 5.41) is 2.56. The number of hydrogen-bond donors (Lipinski definition) is 1. The van der Waals surface area contributed by atoms with E-state index < -0.39 is 11.7 Å². The van der Waals surface area contributed by atoms with Gasteiger partial charge < -0.3 is 4.74 Å². The first-order valence-corrected chi connectivity index (χ1v) is 5.73. The molecule has 6 heteroatoms. The molecule has 1 aromatic heterocycles.